The number of hydrogen-bond acceptors (Lipinski definition) is 2. The summed E-state index contributed by atoms with van der Waals surface area (Å²) in [6.07, 6.45) is 8.69. The molecule has 0 fully saturated rings. The highest BCUT2D eigenvalue weighted by atomic mass is 16.5. The van der Waals surface area contributed by atoms with Crippen LogP contribution in [0.1, 0.15) is 19.8 Å². The van der Waals surface area contributed by atoms with E-state index in [1.54, 1.807) is 0 Å². The lowest BCUT2D eigenvalue weighted by Gasteiger charge is -2.34. The van der Waals surface area contributed by atoms with Gasteiger partial charge in [0.2, 0.25) is 0 Å². The van der Waals surface area contributed by atoms with Crippen molar-refractivity contribution in [3.63, 3.8) is 0 Å². The summed E-state index contributed by atoms with van der Waals surface area (Å²) in [7, 11) is 0. The van der Waals surface area contributed by atoms with Crippen LogP contribution in [0, 0.1) is 11.8 Å². The molecule has 0 heterocycles. The fourth-order valence-electron chi connectivity index (χ4n) is 2.02. The molecule has 0 N–H and O–H groups in total. The summed E-state index contributed by atoms with van der Waals surface area (Å²) in [5.74, 6) is 0.826. The van der Waals surface area contributed by atoms with Crippen molar-refractivity contribution in [3.8, 4) is 0 Å². The zero-order valence-corrected chi connectivity index (χ0v) is 7.82. The molecule has 0 aromatic heterocycles. The Morgan fingerprint density at radius 2 is 2.54 bits per heavy atom. The lowest BCUT2D eigenvalue weighted by molar-refractivity contribution is -0.139. The van der Waals surface area contributed by atoms with Crippen LogP contribution >= 0.6 is 0 Å². The maximum atomic E-state index is 11.4. The topological polar surface area (TPSA) is 26.3 Å². The van der Waals surface area contributed by atoms with Crippen LogP contribution in [0.5, 0.6) is 0 Å². The standard InChI is InChI=1S/C11H14O2/c1-2-13-11(12)10-7-8-5-3-4-6-9(8)10/h4,6-9H,2-3,5H2,1H3/t8-,9-/m0/s1. The number of ether oxygens (including phenoxy) is 1. The normalized spacial score (nSPS) is 30.1. The van der Waals surface area contributed by atoms with Crippen molar-refractivity contribution in [1.29, 1.82) is 0 Å². The van der Waals surface area contributed by atoms with Gasteiger partial charge in [-0.25, -0.2) is 4.79 Å². The molecule has 2 nitrogen and oxygen atoms in total. The van der Waals surface area contributed by atoms with Gasteiger partial charge in [-0.1, -0.05) is 18.2 Å². The fraction of sp³-hybridized carbons (Fsp3) is 0.545. The van der Waals surface area contributed by atoms with Gasteiger partial charge >= 0.3 is 5.97 Å². The molecule has 2 aliphatic carbocycles. The Bertz CT molecular complexity index is 276. The van der Waals surface area contributed by atoms with Gasteiger partial charge in [-0.05, 0) is 25.7 Å². The molecule has 0 bridgehead atoms. The Labute approximate surface area is 78.3 Å². The molecule has 2 rings (SSSR count). The minimum absolute atomic E-state index is 0.129. The molecule has 0 saturated heterocycles. The predicted molar refractivity (Wildman–Crippen MR) is 50.1 cm³/mol. The van der Waals surface area contributed by atoms with Gasteiger partial charge in [-0.3, -0.25) is 0 Å². The van der Waals surface area contributed by atoms with Gasteiger partial charge in [0.25, 0.3) is 0 Å². The molecular formula is C11H14O2. The summed E-state index contributed by atoms with van der Waals surface area (Å²) >= 11 is 0. The molecule has 0 spiro atoms. The van der Waals surface area contributed by atoms with Gasteiger partial charge in [-0.2, -0.15) is 0 Å². The number of carbonyl (C=O) groups excluding carboxylic acids is 1. The smallest absolute Gasteiger partial charge is 0.334 e. The van der Waals surface area contributed by atoms with E-state index in [9.17, 15) is 4.79 Å². The Morgan fingerprint density at radius 1 is 1.69 bits per heavy atom. The average Bonchev–Trinajstić information content (AvgIpc) is 2.07. The maximum Gasteiger partial charge on any atom is 0.334 e. The van der Waals surface area contributed by atoms with E-state index < -0.39 is 0 Å². The summed E-state index contributed by atoms with van der Waals surface area (Å²) in [5.41, 5.74) is 0.864. The second-order valence-corrected chi connectivity index (χ2v) is 3.54. The third kappa shape index (κ3) is 1.41. The van der Waals surface area contributed by atoms with Crippen LogP contribution in [0.2, 0.25) is 0 Å². The van der Waals surface area contributed by atoms with E-state index in [1.165, 1.54) is 6.42 Å². The quantitative estimate of drug-likeness (QED) is 0.478. The second kappa shape index (κ2) is 3.36. The number of esters is 1. The molecule has 0 aromatic carbocycles. The number of carbonyl (C=O) groups is 1. The first-order chi connectivity index (χ1) is 6.33. The monoisotopic (exact) mass is 178 g/mol. The van der Waals surface area contributed by atoms with E-state index in [-0.39, 0.29) is 5.97 Å². The SMILES string of the molecule is CCOC(=O)C1=C[C@@H]2CCC=C[C@H]12. The predicted octanol–water partition coefficient (Wildman–Crippen LogP) is 2.07. The highest BCUT2D eigenvalue weighted by molar-refractivity contribution is 5.91. The van der Waals surface area contributed by atoms with Crippen molar-refractivity contribution >= 4 is 5.97 Å². The van der Waals surface area contributed by atoms with Crippen LogP contribution in [0.15, 0.2) is 23.8 Å². The Balaban J connectivity index is 2.04. The Hall–Kier alpha value is -1.05. The molecule has 2 heteroatoms. The number of rotatable bonds is 2. The van der Waals surface area contributed by atoms with E-state index in [0.717, 1.165) is 12.0 Å². The third-order valence-electron chi connectivity index (χ3n) is 2.74. The summed E-state index contributed by atoms with van der Waals surface area (Å²) in [4.78, 5) is 11.4. The number of hydrogen-bond donors (Lipinski definition) is 0. The second-order valence-electron chi connectivity index (χ2n) is 3.54. The van der Waals surface area contributed by atoms with E-state index in [2.05, 4.69) is 18.2 Å². The summed E-state index contributed by atoms with van der Waals surface area (Å²) < 4.78 is 4.95. The van der Waals surface area contributed by atoms with Crippen molar-refractivity contribution < 1.29 is 9.53 Å². The van der Waals surface area contributed by atoms with Crippen molar-refractivity contribution in [2.24, 2.45) is 11.8 Å². The molecule has 0 saturated carbocycles. The summed E-state index contributed by atoms with van der Waals surface area (Å²) in [6, 6.07) is 0. The van der Waals surface area contributed by atoms with Crippen LogP contribution in [0.25, 0.3) is 0 Å². The van der Waals surface area contributed by atoms with Gasteiger partial charge in [-0.15, -0.1) is 0 Å². The molecule has 0 aliphatic heterocycles. The molecule has 2 aliphatic rings. The van der Waals surface area contributed by atoms with Crippen molar-refractivity contribution in [2.75, 3.05) is 6.61 Å². The zero-order valence-electron chi connectivity index (χ0n) is 7.82. The number of allylic oxidation sites excluding steroid dienone is 3. The van der Waals surface area contributed by atoms with E-state index in [1.807, 2.05) is 6.92 Å². The highest BCUT2D eigenvalue weighted by Crippen LogP contribution is 2.40. The minimum atomic E-state index is -0.129. The Morgan fingerprint density at radius 3 is 3.23 bits per heavy atom. The van der Waals surface area contributed by atoms with Gasteiger partial charge in [0.05, 0.1) is 6.61 Å². The molecule has 0 amide bonds. The average molecular weight is 178 g/mol. The van der Waals surface area contributed by atoms with Crippen molar-refractivity contribution in [2.45, 2.75) is 19.8 Å². The van der Waals surface area contributed by atoms with E-state index >= 15 is 0 Å². The van der Waals surface area contributed by atoms with E-state index in [0.29, 0.717) is 18.4 Å². The van der Waals surface area contributed by atoms with Gasteiger partial charge in [0.1, 0.15) is 0 Å². The molecule has 0 radical (unpaired) electrons. The fourth-order valence-corrected chi connectivity index (χ4v) is 2.02. The largest absolute Gasteiger partial charge is 0.463 e. The summed E-state index contributed by atoms with van der Waals surface area (Å²) in [6.45, 7) is 2.31. The molecule has 0 aromatic rings. The molecule has 70 valence electrons. The first kappa shape index (κ1) is 8.54. The van der Waals surface area contributed by atoms with Gasteiger partial charge < -0.3 is 4.74 Å². The third-order valence-corrected chi connectivity index (χ3v) is 2.74. The van der Waals surface area contributed by atoms with Gasteiger partial charge in [0, 0.05) is 11.5 Å². The summed E-state index contributed by atoms with van der Waals surface area (Å²) in [5, 5.41) is 0. The lowest BCUT2D eigenvalue weighted by Crippen LogP contribution is -2.30. The Kier molecular flexibility index (Phi) is 2.21. The number of fused-ring (bicyclic) bond motifs is 1. The maximum absolute atomic E-state index is 11.4. The van der Waals surface area contributed by atoms with Crippen molar-refractivity contribution in [1.82, 2.24) is 0 Å². The minimum Gasteiger partial charge on any atom is -0.463 e. The van der Waals surface area contributed by atoms with Crippen LogP contribution < -0.4 is 0 Å². The van der Waals surface area contributed by atoms with Crippen LogP contribution in [0.3, 0.4) is 0 Å². The molecule has 0 unspecified atom stereocenters. The van der Waals surface area contributed by atoms with Gasteiger partial charge in [0.15, 0.2) is 0 Å². The first-order valence-corrected chi connectivity index (χ1v) is 4.88. The molecule has 2 atom stereocenters. The zero-order chi connectivity index (χ0) is 9.26. The highest BCUT2D eigenvalue weighted by Gasteiger charge is 2.36. The molecular weight excluding hydrogens is 164 g/mol. The first-order valence-electron chi connectivity index (χ1n) is 4.88. The lowest BCUT2D eigenvalue weighted by atomic mass is 9.70. The molecule has 13 heavy (non-hydrogen) atoms. The van der Waals surface area contributed by atoms with Crippen molar-refractivity contribution in [3.05, 3.63) is 23.8 Å². The van der Waals surface area contributed by atoms with Crippen LogP contribution in [-0.2, 0) is 9.53 Å². The van der Waals surface area contributed by atoms with Crippen LogP contribution in [0.4, 0.5) is 0 Å². The van der Waals surface area contributed by atoms with Crippen LogP contribution in [-0.4, -0.2) is 12.6 Å². The van der Waals surface area contributed by atoms with E-state index in [4.69, 9.17) is 4.74 Å².